The Bertz CT molecular complexity index is 525. The van der Waals surface area contributed by atoms with Gasteiger partial charge in [0.1, 0.15) is 0 Å². The molecule has 0 rings (SSSR count). The summed E-state index contributed by atoms with van der Waals surface area (Å²) in [6, 6.07) is 0. The van der Waals surface area contributed by atoms with Crippen molar-refractivity contribution in [3.8, 4) is 0 Å². The minimum atomic E-state index is -1.26. The van der Waals surface area contributed by atoms with E-state index in [2.05, 4.69) is 6.92 Å². The molecule has 8 heteroatoms. The lowest BCUT2D eigenvalue weighted by molar-refractivity contribution is -0.136. The first-order valence-electron chi connectivity index (χ1n) is 8.38. The minimum absolute atomic E-state index is 0.0381. The van der Waals surface area contributed by atoms with E-state index in [1.165, 1.54) is 0 Å². The molecule has 0 bridgehead atoms. The fourth-order valence-corrected chi connectivity index (χ4v) is 2.54. The molecule has 0 heterocycles. The summed E-state index contributed by atoms with van der Waals surface area (Å²) < 4.78 is 0. The Labute approximate surface area is 152 Å². The summed E-state index contributed by atoms with van der Waals surface area (Å²) in [5, 5.41) is 33.7. The molecule has 148 valence electrons. The maximum Gasteiger partial charge on any atom is 0.332 e. The van der Waals surface area contributed by atoms with Crippen LogP contribution in [-0.4, -0.2) is 44.3 Å². The van der Waals surface area contributed by atoms with Gasteiger partial charge in [-0.05, 0) is 19.3 Å². The Hall–Kier alpha value is -2.64. The third-order valence-electron chi connectivity index (χ3n) is 4.05. The van der Waals surface area contributed by atoms with Crippen LogP contribution in [0.3, 0.4) is 0 Å². The summed E-state index contributed by atoms with van der Waals surface area (Å²) >= 11 is 0. The molecule has 0 aromatic rings. The highest BCUT2D eigenvalue weighted by atomic mass is 16.4. The van der Waals surface area contributed by atoms with Crippen LogP contribution >= 0.6 is 0 Å². The number of carboxylic acid groups (broad SMARTS) is 4. The van der Waals surface area contributed by atoms with Gasteiger partial charge in [-0.1, -0.05) is 40.0 Å². The molecular weight excluding hydrogens is 344 g/mol. The quantitative estimate of drug-likeness (QED) is 0.319. The highest BCUT2D eigenvalue weighted by molar-refractivity contribution is 5.95. The van der Waals surface area contributed by atoms with Gasteiger partial charge < -0.3 is 20.4 Å². The Morgan fingerprint density at radius 2 is 1.23 bits per heavy atom. The largest absolute Gasteiger partial charge is 0.478 e. The van der Waals surface area contributed by atoms with Gasteiger partial charge in [0, 0.05) is 23.6 Å². The minimum Gasteiger partial charge on any atom is -0.478 e. The summed E-state index contributed by atoms with van der Waals surface area (Å²) in [7, 11) is 0. The number of carboxylic acids is 4. The molecule has 4 N–H and O–H groups in total. The van der Waals surface area contributed by atoms with Gasteiger partial charge in [0.05, 0.1) is 5.57 Å². The number of unbranched alkanes of at least 4 members (excludes halogenated alkanes) is 2. The van der Waals surface area contributed by atoms with E-state index in [0.29, 0.717) is 25.0 Å². The van der Waals surface area contributed by atoms with Gasteiger partial charge in [-0.25, -0.2) is 19.2 Å². The van der Waals surface area contributed by atoms with E-state index in [9.17, 15) is 24.3 Å². The molecule has 8 nitrogen and oxygen atoms in total. The van der Waals surface area contributed by atoms with Crippen molar-refractivity contribution >= 4 is 23.9 Å². The predicted molar refractivity (Wildman–Crippen MR) is 94.9 cm³/mol. The van der Waals surface area contributed by atoms with Crippen molar-refractivity contribution in [2.45, 2.75) is 59.3 Å². The smallest absolute Gasteiger partial charge is 0.332 e. The second-order valence-electron chi connectivity index (χ2n) is 5.66. The standard InChI is InChI=1S/C14H24O4.C4H4O4/c1-4-7-8-9-14(5-2,6-3)11(13(17)18)10-12(15)16;5-3(6)1-2-4(7)8/h10H,4-9H2,1-3H3,(H,15,16)(H,17,18);1-2H,(H,5,6)(H,7,8)/b11-10-;2-1-. The zero-order valence-electron chi connectivity index (χ0n) is 15.4. The Morgan fingerprint density at radius 3 is 1.50 bits per heavy atom. The number of hydrogen-bond donors (Lipinski definition) is 4. The van der Waals surface area contributed by atoms with Crippen molar-refractivity contribution in [2.75, 3.05) is 0 Å². The molecule has 0 unspecified atom stereocenters. The summed E-state index contributed by atoms with van der Waals surface area (Å²) in [5.74, 6) is -4.81. The molecule has 0 atom stereocenters. The molecule has 0 saturated heterocycles. The molecule has 0 aliphatic heterocycles. The normalized spacial score (nSPS) is 11.6. The van der Waals surface area contributed by atoms with Gasteiger partial charge in [-0.15, -0.1) is 0 Å². The molecule has 0 aromatic carbocycles. The maximum absolute atomic E-state index is 11.3. The molecule has 0 aliphatic carbocycles. The molecule has 0 radical (unpaired) electrons. The molecule has 0 spiro atoms. The molecule has 0 fully saturated rings. The van der Waals surface area contributed by atoms with Gasteiger partial charge in [0.2, 0.25) is 0 Å². The van der Waals surface area contributed by atoms with E-state index in [-0.39, 0.29) is 5.57 Å². The van der Waals surface area contributed by atoms with Gasteiger partial charge in [-0.3, -0.25) is 0 Å². The molecular formula is C18H28O8. The van der Waals surface area contributed by atoms with Crippen LogP contribution in [-0.2, 0) is 19.2 Å². The van der Waals surface area contributed by atoms with Crippen molar-refractivity contribution < 1.29 is 39.6 Å². The van der Waals surface area contributed by atoms with Crippen LogP contribution in [0.2, 0.25) is 0 Å². The second kappa shape index (κ2) is 13.6. The number of rotatable bonds is 11. The number of hydrogen-bond acceptors (Lipinski definition) is 4. The maximum atomic E-state index is 11.3. The third-order valence-corrected chi connectivity index (χ3v) is 4.05. The molecule has 0 aromatic heterocycles. The Kier molecular flexibility index (Phi) is 13.4. The lowest BCUT2D eigenvalue weighted by atomic mass is 9.71. The lowest BCUT2D eigenvalue weighted by Crippen LogP contribution is -2.27. The van der Waals surface area contributed by atoms with Crippen molar-refractivity contribution in [1.29, 1.82) is 0 Å². The van der Waals surface area contributed by atoms with E-state index in [4.69, 9.17) is 15.3 Å². The molecule has 0 amide bonds. The average Bonchev–Trinajstić information content (AvgIpc) is 2.56. The van der Waals surface area contributed by atoms with Crippen LogP contribution in [0, 0.1) is 5.41 Å². The van der Waals surface area contributed by atoms with Crippen molar-refractivity contribution in [2.24, 2.45) is 5.41 Å². The first-order chi connectivity index (χ1) is 12.1. The van der Waals surface area contributed by atoms with E-state index in [1.807, 2.05) is 13.8 Å². The van der Waals surface area contributed by atoms with Gasteiger partial charge in [-0.2, -0.15) is 0 Å². The second-order valence-corrected chi connectivity index (χ2v) is 5.66. The zero-order chi connectivity index (χ0) is 20.8. The summed E-state index contributed by atoms with van der Waals surface area (Å²) in [6.45, 7) is 5.94. The van der Waals surface area contributed by atoms with Crippen LogP contribution in [0.4, 0.5) is 0 Å². The fourth-order valence-electron chi connectivity index (χ4n) is 2.54. The van der Waals surface area contributed by atoms with E-state index >= 15 is 0 Å². The van der Waals surface area contributed by atoms with Crippen LogP contribution in [0.5, 0.6) is 0 Å². The van der Waals surface area contributed by atoms with Gasteiger partial charge in [0.15, 0.2) is 0 Å². The average molecular weight is 372 g/mol. The van der Waals surface area contributed by atoms with Gasteiger partial charge >= 0.3 is 23.9 Å². The Balaban J connectivity index is 0. The number of carbonyl (C=O) groups is 4. The molecule has 0 aliphatic rings. The highest BCUT2D eigenvalue weighted by Crippen LogP contribution is 2.40. The highest BCUT2D eigenvalue weighted by Gasteiger charge is 2.34. The van der Waals surface area contributed by atoms with Crippen LogP contribution in [0.1, 0.15) is 59.3 Å². The van der Waals surface area contributed by atoms with E-state index in [0.717, 1.165) is 31.8 Å². The van der Waals surface area contributed by atoms with E-state index in [1.54, 1.807) is 0 Å². The van der Waals surface area contributed by atoms with Crippen molar-refractivity contribution in [3.05, 3.63) is 23.8 Å². The topological polar surface area (TPSA) is 149 Å². The number of aliphatic carboxylic acids is 4. The SMILES string of the molecule is CCCCCC(CC)(CC)/C(=C\C(=O)O)C(=O)O.O=C(O)/C=C\C(=O)O. The van der Waals surface area contributed by atoms with Crippen LogP contribution in [0.15, 0.2) is 23.8 Å². The summed E-state index contributed by atoms with van der Waals surface area (Å²) in [5.41, 5.74) is -0.476. The van der Waals surface area contributed by atoms with Gasteiger partial charge in [0.25, 0.3) is 0 Å². The van der Waals surface area contributed by atoms with Crippen LogP contribution < -0.4 is 0 Å². The Morgan fingerprint density at radius 1 is 0.769 bits per heavy atom. The van der Waals surface area contributed by atoms with Crippen molar-refractivity contribution in [3.63, 3.8) is 0 Å². The zero-order valence-corrected chi connectivity index (χ0v) is 15.4. The molecule has 26 heavy (non-hydrogen) atoms. The third kappa shape index (κ3) is 11.0. The first kappa shape index (κ1) is 25.6. The summed E-state index contributed by atoms with van der Waals surface area (Å²) in [4.78, 5) is 41.2. The predicted octanol–water partition coefficient (Wildman–Crippen LogP) is 3.18. The first-order valence-corrected chi connectivity index (χ1v) is 8.38. The fraction of sp³-hybridized carbons (Fsp3) is 0.556. The van der Waals surface area contributed by atoms with Crippen LogP contribution in [0.25, 0.3) is 0 Å². The lowest BCUT2D eigenvalue weighted by Gasteiger charge is -2.32. The molecule has 0 saturated carbocycles. The van der Waals surface area contributed by atoms with E-state index < -0.39 is 29.3 Å². The van der Waals surface area contributed by atoms with Crippen molar-refractivity contribution in [1.82, 2.24) is 0 Å². The summed E-state index contributed by atoms with van der Waals surface area (Å²) in [6.07, 6.45) is 7.06. The monoisotopic (exact) mass is 372 g/mol.